The molecule has 3 aromatic carbocycles. The highest BCUT2D eigenvalue weighted by Crippen LogP contribution is 2.28. The Kier molecular flexibility index (Phi) is 5.09. The lowest BCUT2D eigenvalue weighted by Crippen LogP contribution is -2.35. The Morgan fingerprint density at radius 3 is 2.13 bits per heavy atom. The first-order valence-electron chi connectivity index (χ1n) is 8.20. The number of fused-ring (bicyclic) bond motifs is 2. The summed E-state index contributed by atoms with van der Waals surface area (Å²) in [5.41, 5.74) is 1.30. The van der Waals surface area contributed by atoms with E-state index in [2.05, 4.69) is 72.2 Å². The number of hydrogen-bond donors (Lipinski definition) is 2. The minimum atomic E-state index is 0.732. The molecule has 0 radical (unpaired) electrons. The van der Waals surface area contributed by atoms with E-state index in [4.69, 9.17) is 12.2 Å². The van der Waals surface area contributed by atoms with E-state index in [0.717, 1.165) is 24.6 Å². The van der Waals surface area contributed by atoms with Crippen LogP contribution >= 0.6 is 12.2 Å². The molecule has 0 aromatic heterocycles. The summed E-state index contributed by atoms with van der Waals surface area (Å²) in [6.45, 7) is 3.85. The fourth-order valence-electron chi connectivity index (χ4n) is 2.91. The Morgan fingerprint density at radius 2 is 1.52 bits per heavy atom. The summed E-state index contributed by atoms with van der Waals surface area (Å²) >= 11 is 5.39. The molecule has 0 aliphatic carbocycles. The monoisotopic (exact) mass is 322 g/mol. The lowest BCUT2D eigenvalue weighted by molar-refractivity contribution is 0.740. The van der Waals surface area contributed by atoms with Gasteiger partial charge >= 0.3 is 0 Å². The van der Waals surface area contributed by atoms with Crippen LogP contribution in [-0.2, 0) is 6.54 Å². The lowest BCUT2D eigenvalue weighted by atomic mass is 9.97. The van der Waals surface area contributed by atoms with Crippen molar-refractivity contribution in [3.63, 3.8) is 0 Å². The van der Waals surface area contributed by atoms with E-state index in [1.807, 2.05) is 0 Å². The van der Waals surface area contributed by atoms with Crippen LogP contribution < -0.4 is 10.6 Å². The molecular formula is C20H22N2S. The van der Waals surface area contributed by atoms with Crippen LogP contribution in [0.1, 0.15) is 25.3 Å². The number of benzene rings is 3. The molecule has 2 N–H and O–H groups in total. The van der Waals surface area contributed by atoms with Crippen LogP contribution in [-0.4, -0.2) is 11.7 Å². The smallest absolute Gasteiger partial charge is 0.166 e. The quantitative estimate of drug-likeness (QED) is 0.402. The van der Waals surface area contributed by atoms with Crippen LogP contribution in [0, 0.1) is 0 Å². The number of rotatable bonds is 5. The standard InChI is InChI=1S/C20H22N2S/c1-2-3-12-21-20(23)22-14-19-17-10-6-4-8-15(17)13-16-9-5-7-11-18(16)19/h4-11,13H,2-3,12,14H2,1H3,(H2,21,22,23). The summed E-state index contributed by atoms with van der Waals surface area (Å²) in [6, 6.07) is 19.3. The third-order valence-electron chi connectivity index (χ3n) is 4.12. The summed E-state index contributed by atoms with van der Waals surface area (Å²) < 4.78 is 0. The second kappa shape index (κ2) is 7.42. The average Bonchev–Trinajstić information content (AvgIpc) is 2.59. The molecule has 23 heavy (non-hydrogen) atoms. The molecular weight excluding hydrogens is 300 g/mol. The van der Waals surface area contributed by atoms with Crippen LogP contribution in [0.25, 0.3) is 21.5 Å². The van der Waals surface area contributed by atoms with Crippen molar-refractivity contribution < 1.29 is 0 Å². The van der Waals surface area contributed by atoms with Crippen molar-refractivity contribution in [1.29, 1.82) is 0 Å². The summed E-state index contributed by atoms with van der Waals surface area (Å²) in [6.07, 6.45) is 2.31. The molecule has 0 atom stereocenters. The molecule has 0 unspecified atom stereocenters. The van der Waals surface area contributed by atoms with E-state index < -0.39 is 0 Å². The highest BCUT2D eigenvalue weighted by atomic mass is 32.1. The zero-order chi connectivity index (χ0) is 16.1. The number of unbranched alkanes of at least 4 members (excludes halogenated alkanes) is 1. The van der Waals surface area contributed by atoms with Crippen molar-refractivity contribution in [2.45, 2.75) is 26.3 Å². The van der Waals surface area contributed by atoms with E-state index in [1.165, 1.54) is 33.5 Å². The minimum Gasteiger partial charge on any atom is -0.363 e. The van der Waals surface area contributed by atoms with E-state index in [1.54, 1.807) is 0 Å². The van der Waals surface area contributed by atoms with E-state index in [-0.39, 0.29) is 0 Å². The van der Waals surface area contributed by atoms with E-state index in [9.17, 15) is 0 Å². The highest BCUT2D eigenvalue weighted by molar-refractivity contribution is 7.80. The number of hydrogen-bond acceptors (Lipinski definition) is 1. The summed E-state index contributed by atoms with van der Waals surface area (Å²) in [5.74, 6) is 0. The van der Waals surface area contributed by atoms with Crippen LogP contribution in [0.15, 0.2) is 54.6 Å². The van der Waals surface area contributed by atoms with Gasteiger partial charge in [0.15, 0.2) is 5.11 Å². The Hall–Kier alpha value is -2.13. The Morgan fingerprint density at radius 1 is 0.913 bits per heavy atom. The normalized spacial score (nSPS) is 10.8. The summed E-state index contributed by atoms with van der Waals surface area (Å²) in [4.78, 5) is 0. The molecule has 0 saturated heterocycles. The fraction of sp³-hybridized carbons (Fsp3) is 0.250. The van der Waals surface area contributed by atoms with Gasteiger partial charge in [0.2, 0.25) is 0 Å². The summed E-state index contributed by atoms with van der Waals surface area (Å²) in [7, 11) is 0. The van der Waals surface area contributed by atoms with Crippen LogP contribution in [0.3, 0.4) is 0 Å². The van der Waals surface area contributed by atoms with Crippen molar-refractivity contribution in [3.05, 3.63) is 60.2 Å². The van der Waals surface area contributed by atoms with Gasteiger partial charge in [0.05, 0.1) is 0 Å². The van der Waals surface area contributed by atoms with Gasteiger partial charge < -0.3 is 10.6 Å². The molecule has 0 fully saturated rings. The van der Waals surface area contributed by atoms with E-state index in [0.29, 0.717) is 0 Å². The number of nitrogens with one attached hydrogen (secondary N) is 2. The largest absolute Gasteiger partial charge is 0.363 e. The maximum absolute atomic E-state index is 5.39. The molecule has 3 rings (SSSR count). The number of thiocarbonyl (C=S) groups is 1. The second-order valence-corrected chi connectivity index (χ2v) is 6.17. The minimum absolute atomic E-state index is 0.732. The predicted octanol–water partition coefficient (Wildman–Crippen LogP) is 4.76. The molecule has 0 heterocycles. The van der Waals surface area contributed by atoms with Gasteiger partial charge in [-0.25, -0.2) is 0 Å². The maximum atomic E-state index is 5.39. The second-order valence-electron chi connectivity index (χ2n) is 5.76. The van der Waals surface area contributed by atoms with E-state index >= 15 is 0 Å². The van der Waals surface area contributed by atoms with Crippen LogP contribution in [0.2, 0.25) is 0 Å². The van der Waals surface area contributed by atoms with Crippen molar-refractivity contribution >= 4 is 38.9 Å². The Balaban J connectivity index is 1.89. The average molecular weight is 322 g/mol. The zero-order valence-electron chi connectivity index (χ0n) is 13.4. The van der Waals surface area contributed by atoms with Gasteiger partial charge in [-0.05, 0) is 51.8 Å². The summed E-state index contributed by atoms with van der Waals surface area (Å²) in [5, 5.41) is 12.5. The van der Waals surface area contributed by atoms with Crippen molar-refractivity contribution in [2.75, 3.05) is 6.54 Å². The van der Waals surface area contributed by atoms with Gasteiger partial charge in [-0.15, -0.1) is 0 Å². The SMILES string of the molecule is CCCCNC(=S)NCc1c2ccccc2cc2ccccc12. The Labute approximate surface area is 142 Å². The molecule has 0 aliphatic heterocycles. The maximum Gasteiger partial charge on any atom is 0.166 e. The molecule has 118 valence electrons. The predicted molar refractivity (Wildman–Crippen MR) is 104 cm³/mol. The van der Waals surface area contributed by atoms with Gasteiger partial charge in [-0.3, -0.25) is 0 Å². The van der Waals surface area contributed by atoms with Crippen LogP contribution in [0.5, 0.6) is 0 Å². The first-order valence-corrected chi connectivity index (χ1v) is 8.61. The van der Waals surface area contributed by atoms with Crippen LogP contribution in [0.4, 0.5) is 0 Å². The molecule has 0 spiro atoms. The fourth-order valence-corrected chi connectivity index (χ4v) is 3.08. The van der Waals surface area contributed by atoms with Gasteiger partial charge in [-0.1, -0.05) is 61.9 Å². The molecule has 3 aromatic rings. The van der Waals surface area contributed by atoms with Gasteiger partial charge in [-0.2, -0.15) is 0 Å². The molecule has 0 amide bonds. The van der Waals surface area contributed by atoms with Gasteiger partial charge in [0.25, 0.3) is 0 Å². The van der Waals surface area contributed by atoms with Gasteiger partial charge in [0.1, 0.15) is 0 Å². The molecule has 0 saturated carbocycles. The first-order chi connectivity index (χ1) is 11.3. The third-order valence-corrected chi connectivity index (χ3v) is 4.41. The molecule has 0 aliphatic rings. The van der Waals surface area contributed by atoms with Crippen molar-refractivity contribution in [3.8, 4) is 0 Å². The molecule has 2 nitrogen and oxygen atoms in total. The van der Waals surface area contributed by atoms with Gasteiger partial charge in [0, 0.05) is 13.1 Å². The van der Waals surface area contributed by atoms with Crippen molar-refractivity contribution in [2.24, 2.45) is 0 Å². The molecule has 3 heteroatoms. The lowest BCUT2D eigenvalue weighted by Gasteiger charge is -2.14. The first kappa shape index (κ1) is 15.8. The third kappa shape index (κ3) is 3.62. The highest BCUT2D eigenvalue weighted by Gasteiger charge is 2.07. The Bertz CT molecular complexity index is 772. The topological polar surface area (TPSA) is 24.1 Å². The zero-order valence-corrected chi connectivity index (χ0v) is 14.2. The van der Waals surface area contributed by atoms with Crippen molar-refractivity contribution in [1.82, 2.24) is 10.6 Å². The molecule has 0 bridgehead atoms.